The monoisotopic (exact) mass is 372 g/mol. The fraction of sp³-hybridized carbons (Fsp3) is 0.588. The normalized spacial score (nSPS) is 11.3. The lowest BCUT2D eigenvalue weighted by Crippen LogP contribution is -2.35. The summed E-state index contributed by atoms with van der Waals surface area (Å²) in [6.45, 7) is 4.80. The van der Waals surface area contributed by atoms with E-state index in [0.29, 0.717) is 29.6 Å². The lowest BCUT2D eigenvalue weighted by atomic mass is 10.1. The first-order chi connectivity index (χ1) is 11.7. The molecule has 1 amide bonds. The Morgan fingerprint density at radius 2 is 1.84 bits per heavy atom. The summed E-state index contributed by atoms with van der Waals surface area (Å²) in [7, 11) is -0.547. The van der Waals surface area contributed by atoms with E-state index in [1.165, 1.54) is 18.5 Å². The van der Waals surface area contributed by atoms with Crippen LogP contribution in [0.2, 0.25) is 0 Å². The Bertz CT molecular complexity index is 674. The van der Waals surface area contributed by atoms with Crippen LogP contribution in [-0.4, -0.2) is 47.9 Å². The molecule has 1 rings (SSSR count). The number of carbonyl (C=O) groups is 1. The van der Waals surface area contributed by atoms with Crippen LogP contribution in [-0.2, 0) is 14.8 Å². The third-order valence-electron chi connectivity index (χ3n) is 3.64. The zero-order valence-corrected chi connectivity index (χ0v) is 16.4. The lowest BCUT2D eigenvalue weighted by molar-refractivity contribution is -0.120. The van der Waals surface area contributed by atoms with E-state index in [0.717, 1.165) is 12.7 Å². The van der Waals surface area contributed by atoms with Gasteiger partial charge >= 0.3 is 0 Å². The quantitative estimate of drug-likeness (QED) is 0.679. The number of carbonyl (C=O) groups excluding carboxylic acids is 1. The van der Waals surface area contributed by atoms with Crippen LogP contribution in [0.15, 0.2) is 18.2 Å². The van der Waals surface area contributed by atoms with Crippen molar-refractivity contribution in [3.63, 3.8) is 0 Å². The Kier molecular flexibility index (Phi) is 8.02. The fourth-order valence-electron chi connectivity index (χ4n) is 2.26. The Morgan fingerprint density at radius 1 is 1.20 bits per heavy atom. The molecule has 0 aromatic heterocycles. The van der Waals surface area contributed by atoms with Gasteiger partial charge in [-0.1, -0.05) is 13.8 Å². The summed E-state index contributed by atoms with van der Waals surface area (Å²) in [5.74, 6) is 1.26. The van der Waals surface area contributed by atoms with Crippen molar-refractivity contribution in [1.82, 2.24) is 5.32 Å². The zero-order valence-electron chi connectivity index (χ0n) is 15.5. The number of anilines is 1. The number of benzene rings is 1. The van der Waals surface area contributed by atoms with Crippen LogP contribution in [0.4, 0.5) is 5.69 Å². The maximum absolute atomic E-state index is 12.1. The molecular weight excluding hydrogens is 344 g/mol. The first-order valence-corrected chi connectivity index (χ1v) is 10.00. The topological polar surface area (TPSA) is 84.9 Å². The van der Waals surface area contributed by atoms with Gasteiger partial charge in [0.05, 0.1) is 26.2 Å². The van der Waals surface area contributed by atoms with Crippen LogP contribution in [0, 0.1) is 5.92 Å². The van der Waals surface area contributed by atoms with Crippen molar-refractivity contribution in [1.29, 1.82) is 0 Å². The highest BCUT2D eigenvalue weighted by atomic mass is 32.2. The summed E-state index contributed by atoms with van der Waals surface area (Å²) in [6, 6.07) is 4.84. The molecule has 0 radical (unpaired) electrons. The molecule has 0 fully saturated rings. The fourth-order valence-corrected chi connectivity index (χ4v) is 3.18. The Labute approximate surface area is 150 Å². The summed E-state index contributed by atoms with van der Waals surface area (Å²) in [6.07, 6.45) is 2.08. The first kappa shape index (κ1) is 21.1. The van der Waals surface area contributed by atoms with Crippen LogP contribution in [0.1, 0.15) is 26.7 Å². The van der Waals surface area contributed by atoms with Gasteiger partial charge in [-0.15, -0.1) is 0 Å². The van der Waals surface area contributed by atoms with E-state index in [1.54, 1.807) is 18.2 Å². The molecule has 0 atom stereocenters. The smallest absolute Gasteiger partial charge is 0.232 e. The molecule has 7 nitrogen and oxygen atoms in total. The Morgan fingerprint density at radius 3 is 2.36 bits per heavy atom. The van der Waals surface area contributed by atoms with Gasteiger partial charge in [0, 0.05) is 25.6 Å². The van der Waals surface area contributed by atoms with Crippen LogP contribution in [0.25, 0.3) is 0 Å². The lowest BCUT2D eigenvalue weighted by Gasteiger charge is -2.23. The predicted octanol–water partition coefficient (Wildman–Crippen LogP) is 2.02. The number of hydrogen-bond acceptors (Lipinski definition) is 5. The minimum atomic E-state index is -3.54. The molecule has 0 spiro atoms. The Hall–Kier alpha value is -1.96. The number of sulfonamides is 1. The molecule has 0 aliphatic heterocycles. The largest absolute Gasteiger partial charge is 0.493 e. The number of methoxy groups -OCH3 is 2. The Balaban J connectivity index is 2.84. The molecule has 25 heavy (non-hydrogen) atoms. The van der Waals surface area contributed by atoms with Gasteiger partial charge in [0.1, 0.15) is 0 Å². The van der Waals surface area contributed by atoms with Crippen molar-refractivity contribution in [2.75, 3.05) is 37.9 Å². The molecule has 1 N–H and O–H groups in total. The van der Waals surface area contributed by atoms with Crippen LogP contribution < -0.4 is 19.1 Å². The molecule has 0 saturated carbocycles. The average molecular weight is 372 g/mol. The van der Waals surface area contributed by atoms with E-state index >= 15 is 0 Å². The van der Waals surface area contributed by atoms with Crippen LogP contribution >= 0.6 is 0 Å². The average Bonchev–Trinajstić information content (AvgIpc) is 2.53. The number of ether oxygens (including phenoxy) is 2. The van der Waals surface area contributed by atoms with Gasteiger partial charge in [0.2, 0.25) is 15.9 Å². The summed E-state index contributed by atoms with van der Waals surface area (Å²) < 4.78 is 35.8. The van der Waals surface area contributed by atoms with Gasteiger partial charge in [-0.3, -0.25) is 9.10 Å². The van der Waals surface area contributed by atoms with Crippen molar-refractivity contribution < 1.29 is 22.7 Å². The molecule has 0 heterocycles. The number of nitrogens with zero attached hydrogens (tertiary/aromatic N) is 1. The van der Waals surface area contributed by atoms with Gasteiger partial charge in [0.15, 0.2) is 11.5 Å². The van der Waals surface area contributed by atoms with Crippen molar-refractivity contribution in [2.45, 2.75) is 26.7 Å². The van der Waals surface area contributed by atoms with Crippen LogP contribution in [0.3, 0.4) is 0 Å². The van der Waals surface area contributed by atoms with Gasteiger partial charge in [-0.2, -0.15) is 0 Å². The van der Waals surface area contributed by atoms with Crippen molar-refractivity contribution in [3.8, 4) is 11.5 Å². The second-order valence-electron chi connectivity index (χ2n) is 6.16. The third-order valence-corrected chi connectivity index (χ3v) is 4.84. The van der Waals surface area contributed by atoms with Gasteiger partial charge < -0.3 is 14.8 Å². The SMILES string of the molecule is COc1ccc(N(CCC(=O)NCCC(C)C)S(C)(=O)=O)cc1OC. The number of hydrogen-bond donors (Lipinski definition) is 1. The van der Waals surface area contributed by atoms with Gasteiger partial charge in [-0.25, -0.2) is 8.42 Å². The molecule has 0 unspecified atom stereocenters. The highest BCUT2D eigenvalue weighted by molar-refractivity contribution is 7.92. The summed E-state index contributed by atoms with van der Waals surface area (Å²) in [5, 5.41) is 2.81. The first-order valence-electron chi connectivity index (χ1n) is 8.15. The number of rotatable bonds is 10. The minimum absolute atomic E-state index is 0.0574. The van der Waals surface area contributed by atoms with E-state index in [1.807, 2.05) is 0 Å². The molecule has 142 valence electrons. The molecular formula is C17H28N2O5S. The van der Waals surface area contributed by atoms with E-state index < -0.39 is 10.0 Å². The molecule has 0 bridgehead atoms. The molecule has 0 saturated heterocycles. The van der Waals surface area contributed by atoms with Crippen molar-refractivity contribution >= 4 is 21.6 Å². The van der Waals surface area contributed by atoms with E-state index in [-0.39, 0.29) is 18.9 Å². The standard InChI is InChI=1S/C17H28N2O5S/c1-13(2)8-10-18-17(20)9-11-19(25(5,21)22)14-6-7-15(23-3)16(12-14)24-4/h6-7,12-13H,8-11H2,1-5H3,(H,18,20). The van der Waals surface area contributed by atoms with E-state index in [2.05, 4.69) is 19.2 Å². The highest BCUT2D eigenvalue weighted by Gasteiger charge is 2.20. The zero-order chi connectivity index (χ0) is 19.0. The van der Waals surface area contributed by atoms with Crippen molar-refractivity contribution in [2.24, 2.45) is 5.92 Å². The van der Waals surface area contributed by atoms with Crippen LogP contribution in [0.5, 0.6) is 11.5 Å². The molecule has 1 aromatic rings. The summed E-state index contributed by atoms with van der Waals surface area (Å²) in [4.78, 5) is 11.9. The second kappa shape index (κ2) is 9.50. The van der Waals surface area contributed by atoms with E-state index in [4.69, 9.17) is 9.47 Å². The maximum atomic E-state index is 12.1. The second-order valence-corrected chi connectivity index (χ2v) is 8.06. The summed E-state index contributed by atoms with van der Waals surface area (Å²) in [5.41, 5.74) is 0.426. The van der Waals surface area contributed by atoms with E-state index in [9.17, 15) is 13.2 Å². The molecule has 8 heteroatoms. The number of amides is 1. The third kappa shape index (κ3) is 6.81. The predicted molar refractivity (Wildman–Crippen MR) is 98.8 cm³/mol. The summed E-state index contributed by atoms with van der Waals surface area (Å²) >= 11 is 0. The molecule has 1 aromatic carbocycles. The van der Waals surface area contributed by atoms with Crippen molar-refractivity contribution in [3.05, 3.63) is 18.2 Å². The number of nitrogens with one attached hydrogen (secondary N) is 1. The molecule has 0 aliphatic carbocycles. The molecule has 0 aliphatic rings. The highest BCUT2D eigenvalue weighted by Crippen LogP contribution is 2.32. The maximum Gasteiger partial charge on any atom is 0.232 e. The van der Waals surface area contributed by atoms with Gasteiger partial charge in [-0.05, 0) is 24.5 Å². The van der Waals surface area contributed by atoms with Gasteiger partial charge in [0.25, 0.3) is 0 Å². The minimum Gasteiger partial charge on any atom is -0.493 e.